The molecule has 0 saturated heterocycles. The van der Waals surface area contributed by atoms with Crippen molar-refractivity contribution in [3.8, 4) is 5.75 Å². The van der Waals surface area contributed by atoms with Crippen LogP contribution >= 0.6 is 11.6 Å². The number of carbonyl (C=O) groups excluding carboxylic acids is 1. The van der Waals surface area contributed by atoms with Crippen molar-refractivity contribution in [2.75, 3.05) is 0 Å². The smallest absolute Gasteiger partial charge is 0.267 e. The van der Waals surface area contributed by atoms with E-state index in [1.807, 2.05) is 0 Å². The monoisotopic (exact) mass is 207 g/mol. The minimum absolute atomic E-state index is 0.160. The third kappa shape index (κ3) is 1.92. The van der Waals surface area contributed by atoms with Gasteiger partial charge in [-0.1, -0.05) is 11.6 Å². The fourth-order valence-corrected chi connectivity index (χ4v) is 1.00. The molecule has 0 unspecified atom stereocenters. The zero-order valence-corrected chi connectivity index (χ0v) is 6.92. The van der Waals surface area contributed by atoms with Crippen LogP contribution in [0.1, 0.15) is 22.5 Å². The van der Waals surface area contributed by atoms with Gasteiger partial charge in [0.15, 0.2) is 12.0 Å². The molecule has 1 heterocycles. The van der Waals surface area contributed by atoms with Gasteiger partial charge < -0.3 is 5.11 Å². The van der Waals surface area contributed by atoms with E-state index in [9.17, 15) is 13.6 Å². The highest BCUT2D eigenvalue weighted by Crippen LogP contribution is 2.31. The lowest BCUT2D eigenvalue weighted by atomic mass is 10.2. The summed E-state index contributed by atoms with van der Waals surface area (Å²) in [6, 6.07) is 0.814. The summed E-state index contributed by atoms with van der Waals surface area (Å²) >= 11 is 5.33. The predicted molar refractivity (Wildman–Crippen MR) is 41.3 cm³/mol. The topological polar surface area (TPSA) is 50.2 Å². The highest BCUT2D eigenvalue weighted by Gasteiger charge is 2.17. The van der Waals surface area contributed by atoms with Crippen LogP contribution in [0.15, 0.2) is 6.07 Å². The van der Waals surface area contributed by atoms with E-state index in [0.717, 1.165) is 6.07 Å². The lowest BCUT2D eigenvalue weighted by Gasteiger charge is -2.04. The van der Waals surface area contributed by atoms with Crippen LogP contribution in [0.3, 0.4) is 0 Å². The number of halogens is 3. The Hall–Kier alpha value is -1.23. The number of rotatable bonds is 2. The number of hydrogen-bond acceptors (Lipinski definition) is 3. The number of hydrogen-bond donors (Lipinski definition) is 1. The van der Waals surface area contributed by atoms with Gasteiger partial charge in [0.1, 0.15) is 10.8 Å². The van der Waals surface area contributed by atoms with Gasteiger partial charge in [0.25, 0.3) is 6.43 Å². The van der Waals surface area contributed by atoms with Crippen LogP contribution in [0.25, 0.3) is 0 Å². The molecule has 0 atom stereocenters. The quantitative estimate of drug-likeness (QED) is 0.597. The SMILES string of the molecule is O=Cc1nc(Cl)cc(C(F)F)c1O. The van der Waals surface area contributed by atoms with Gasteiger partial charge in [-0.25, -0.2) is 13.8 Å². The molecule has 0 aliphatic rings. The molecular formula is C7H4ClF2NO2. The predicted octanol–water partition coefficient (Wildman–Crippen LogP) is 2.19. The molecule has 1 rings (SSSR count). The molecule has 0 saturated carbocycles. The van der Waals surface area contributed by atoms with Gasteiger partial charge in [0.05, 0.1) is 5.56 Å². The Labute approximate surface area is 77.0 Å². The fourth-order valence-electron chi connectivity index (χ4n) is 0.793. The molecule has 0 amide bonds. The van der Waals surface area contributed by atoms with Gasteiger partial charge in [-0.15, -0.1) is 0 Å². The maximum atomic E-state index is 12.2. The minimum atomic E-state index is -2.89. The van der Waals surface area contributed by atoms with Crippen LogP contribution in [0, 0.1) is 0 Å². The molecule has 0 spiro atoms. The standard InChI is InChI=1S/C7H4ClF2NO2/c8-5-1-3(7(9)10)6(13)4(2-12)11-5/h1-2,7,13H. The summed E-state index contributed by atoms with van der Waals surface area (Å²) < 4.78 is 24.3. The van der Waals surface area contributed by atoms with E-state index < -0.39 is 23.4 Å². The minimum Gasteiger partial charge on any atom is -0.505 e. The Bertz CT molecular complexity index is 344. The molecule has 1 N–H and O–H groups in total. The highest BCUT2D eigenvalue weighted by atomic mass is 35.5. The maximum Gasteiger partial charge on any atom is 0.267 e. The lowest BCUT2D eigenvalue weighted by Crippen LogP contribution is -1.94. The average molecular weight is 208 g/mol. The summed E-state index contributed by atoms with van der Waals surface area (Å²) in [5.41, 5.74) is -1.18. The normalized spacial score (nSPS) is 10.5. The first kappa shape index (κ1) is 9.85. The zero-order chi connectivity index (χ0) is 10.0. The molecule has 0 aliphatic carbocycles. The van der Waals surface area contributed by atoms with Crippen LogP contribution in [-0.4, -0.2) is 16.4 Å². The first-order valence-electron chi connectivity index (χ1n) is 3.19. The van der Waals surface area contributed by atoms with Crippen LogP contribution in [0.2, 0.25) is 5.15 Å². The number of alkyl halides is 2. The van der Waals surface area contributed by atoms with Gasteiger partial charge in [-0.2, -0.15) is 0 Å². The molecule has 1 aromatic heterocycles. The second-order valence-electron chi connectivity index (χ2n) is 2.19. The second-order valence-corrected chi connectivity index (χ2v) is 2.57. The van der Waals surface area contributed by atoms with E-state index in [2.05, 4.69) is 4.98 Å². The molecular weight excluding hydrogens is 204 g/mol. The average Bonchev–Trinajstić information content (AvgIpc) is 2.08. The fraction of sp³-hybridized carbons (Fsp3) is 0.143. The number of aldehydes is 1. The Kier molecular flexibility index (Phi) is 2.77. The van der Waals surface area contributed by atoms with E-state index in [1.54, 1.807) is 0 Å². The van der Waals surface area contributed by atoms with Gasteiger partial charge >= 0.3 is 0 Å². The largest absolute Gasteiger partial charge is 0.505 e. The van der Waals surface area contributed by atoms with Crippen molar-refractivity contribution >= 4 is 17.9 Å². The molecule has 70 valence electrons. The van der Waals surface area contributed by atoms with Gasteiger partial charge in [-0.05, 0) is 6.07 Å². The summed E-state index contributed by atoms with van der Waals surface area (Å²) in [6.07, 6.45) is -2.73. The first-order valence-corrected chi connectivity index (χ1v) is 3.56. The van der Waals surface area contributed by atoms with Crippen LogP contribution < -0.4 is 0 Å². The van der Waals surface area contributed by atoms with Gasteiger partial charge in [0, 0.05) is 0 Å². The molecule has 0 aliphatic heterocycles. The van der Waals surface area contributed by atoms with Gasteiger partial charge in [-0.3, -0.25) is 4.79 Å². The molecule has 1 aromatic rings. The third-order valence-electron chi connectivity index (χ3n) is 1.36. The summed E-state index contributed by atoms with van der Waals surface area (Å²) in [7, 11) is 0. The van der Waals surface area contributed by atoms with E-state index in [1.165, 1.54) is 0 Å². The Morgan fingerprint density at radius 3 is 2.69 bits per heavy atom. The lowest BCUT2D eigenvalue weighted by molar-refractivity contribution is 0.111. The summed E-state index contributed by atoms with van der Waals surface area (Å²) in [4.78, 5) is 13.6. The number of aromatic nitrogens is 1. The van der Waals surface area contributed by atoms with E-state index in [0.29, 0.717) is 0 Å². The number of nitrogens with zero attached hydrogens (tertiary/aromatic N) is 1. The van der Waals surface area contributed by atoms with Crippen molar-refractivity contribution in [1.82, 2.24) is 4.98 Å². The van der Waals surface area contributed by atoms with Crippen molar-refractivity contribution < 1.29 is 18.7 Å². The van der Waals surface area contributed by atoms with Crippen LogP contribution in [0.5, 0.6) is 5.75 Å². The molecule has 6 heteroatoms. The summed E-state index contributed by atoms with van der Waals surface area (Å²) in [6.45, 7) is 0. The molecule has 13 heavy (non-hydrogen) atoms. The van der Waals surface area contributed by atoms with Crippen molar-refractivity contribution in [2.24, 2.45) is 0 Å². The zero-order valence-electron chi connectivity index (χ0n) is 6.17. The third-order valence-corrected chi connectivity index (χ3v) is 1.56. The van der Waals surface area contributed by atoms with Crippen molar-refractivity contribution in [3.05, 3.63) is 22.5 Å². The van der Waals surface area contributed by atoms with Crippen molar-refractivity contribution in [1.29, 1.82) is 0 Å². The van der Waals surface area contributed by atoms with E-state index in [-0.39, 0.29) is 11.4 Å². The first-order chi connectivity index (χ1) is 6.06. The second kappa shape index (κ2) is 3.66. The number of carbonyl (C=O) groups is 1. The molecule has 0 radical (unpaired) electrons. The van der Waals surface area contributed by atoms with Crippen molar-refractivity contribution in [3.63, 3.8) is 0 Å². The molecule has 0 aromatic carbocycles. The Balaban J connectivity index is 3.35. The van der Waals surface area contributed by atoms with Crippen LogP contribution in [0.4, 0.5) is 8.78 Å². The van der Waals surface area contributed by atoms with Gasteiger partial charge in [0.2, 0.25) is 0 Å². The van der Waals surface area contributed by atoms with E-state index >= 15 is 0 Å². The molecule has 0 fully saturated rings. The van der Waals surface area contributed by atoms with Crippen LogP contribution in [-0.2, 0) is 0 Å². The maximum absolute atomic E-state index is 12.2. The van der Waals surface area contributed by atoms with E-state index in [4.69, 9.17) is 16.7 Å². The Morgan fingerprint density at radius 2 is 2.23 bits per heavy atom. The number of aromatic hydroxyl groups is 1. The Morgan fingerprint density at radius 1 is 1.62 bits per heavy atom. The summed E-state index contributed by atoms with van der Waals surface area (Å²) in [5, 5.41) is 8.80. The number of pyridine rings is 1. The molecule has 0 bridgehead atoms. The van der Waals surface area contributed by atoms with Crippen molar-refractivity contribution in [2.45, 2.75) is 6.43 Å². The summed E-state index contributed by atoms with van der Waals surface area (Å²) in [5.74, 6) is -0.825. The molecule has 3 nitrogen and oxygen atoms in total. The highest BCUT2D eigenvalue weighted by molar-refractivity contribution is 6.29.